The minimum absolute atomic E-state index is 0. The van der Waals surface area contributed by atoms with Gasteiger partial charge >= 0.3 is 0 Å². The van der Waals surface area contributed by atoms with Crippen LogP contribution in [0.2, 0.25) is 0 Å². The zero-order valence-electron chi connectivity index (χ0n) is 15.5. The number of nitrogens with zero attached hydrogens (tertiary/aromatic N) is 2. The van der Waals surface area contributed by atoms with Crippen LogP contribution in [0.4, 0.5) is 0 Å². The van der Waals surface area contributed by atoms with Crippen LogP contribution in [0.15, 0.2) is 30.3 Å². The lowest BCUT2D eigenvalue weighted by Crippen LogP contribution is -3.00. The Kier molecular flexibility index (Phi) is 5.03. The highest BCUT2D eigenvalue weighted by atomic mass is 35.5. The number of hydrogen-bond acceptors (Lipinski definition) is 2. The molecule has 4 rings (SSSR count). The summed E-state index contributed by atoms with van der Waals surface area (Å²) >= 11 is 0. The molecule has 1 aromatic rings. The zero-order chi connectivity index (χ0) is 16.1. The van der Waals surface area contributed by atoms with Crippen molar-refractivity contribution in [1.29, 1.82) is 0 Å². The summed E-state index contributed by atoms with van der Waals surface area (Å²) in [6, 6.07) is 11.8. The van der Waals surface area contributed by atoms with E-state index in [2.05, 4.69) is 60.9 Å². The first-order valence-electron chi connectivity index (χ1n) is 9.51. The van der Waals surface area contributed by atoms with E-state index < -0.39 is 0 Å². The number of fused-ring (bicyclic) bond motifs is 2. The van der Waals surface area contributed by atoms with Crippen LogP contribution in [0, 0.1) is 16.7 Å². The van der Waals surface area contributed by atoms with E-state index in [0.29, 0.717) is 10.8 Å². The molecule has 0 radical (unpaired) electrons. The lowest BCUT2D eigenvalue weighted by atomic mass is 9.68. The molecule has 1 heterocycles. The maximum Gasteiger partial charge on any atom is 0.0234 e. The number of halogens is 1. The first kappa shape index (κ1) is 18.2. The molecule has 2 aliphatic carbocycles. The SMILES string of the molecule is CC1(C)C2CCC1(C)C(N1CCN(Cc3ccccc3)CC1)C2.[Cl-]. The Morgan fingerprint density at radius 2 is 1.67 bits per heavy atom. The Labute approximate surface area is 154 Å². The molecule has 2 bridgehead atoms. The third kappa shape index (κ3) is 2.81. The van der Waals surface area contributed by atoms with Crippen molar-refractivity contribution in [3.63, 3.8) is 0 Å². The van der Waals surface area contributed by atoms with Crippen LogP contribution in [0.25, 0.3) is 0 Å². The number of benzene rings is 1. The van der Waals surface area contributed by atoms with Crippen LogP contribution < -0.4 is 12.4 Å². The third-order valence-corrected chi connectivity index (χ3v) is 7.84. The minimum atomic E-state index is 0. The lowest BCUT2D eigenvalue weighted by Gasteiger charge is -2.47. The standard InChI is InChI=1S/C21H32N2.ClH/c1-20(2)18-9-10-21(20,3)19(15-18)23-13-11-22(12-14-23)16-17-7-5-4-6-8-17;/h4-8,18-19H,9-16H2,1-3H3;1H/p-1. The summed E-state index contributed by atoms with van der Waals surface area (Å²) in [7, 11) is 0. The summed E-state index contributed by atoms with van der Waals surface area (Å²) in [5.41, 5.74) is 2.53. The topological polar surface area (TPSA) is 6.48 Å². The van der Waals surface area contributed by atoms with Crippen LogP contribution in [0.1, 0.15) is 45.6 Å². The van der Waals surface area contributed by atoms with Crippen molar-refractivity contribution in [3.05, 3.63) is 35.9 Å². The number of hydrogen-bond donors (Lipinski definition) is 0. The molecule has 3 atom stereocenters. The summed E-state index contributed by atoms with van der Waals surface area (Å²) in [5, 5.41) is 0. The Morgan fingerprint density at radius 1 is 1.00 bits per heavy atom. The Hall–Kier alpha value is -0.570. The molecule has 1 saturated heterocycles. The van der Waals surface area contributed by atoms with Gasteiger partial charge in [0.05, 0.1) is 0 Å². The molecule has 3 aliphatic rings. The largest absolute Gasteiger partial charge is 1.00 e. The molecule has 134 valence electrons. The molecule has 0 amide bonds. The molecule has 1 aromatic carbocycles. The molecule has 0 N–H and O–H groups in total. The monoisotopic (exact) mass is 347 g/mol. The van der Waals surface area contributed by atoms with Gasteiger partial charge in [0.2, 0.25) is 0 Å². The first-order chi connectivity index (χ1) is 11.0. The fraction of sp³-hybridized carbons (Fsp3) is 0.714. The van der Waals surface area contributed by atoms with Gasteiger partial charge in [0.25, 0.3) is 0 Å². The molecule has 24 heavy (non-hydrogen) atoms. The molecule has 2 saturated carbocycles. The quantitative estimate of drug-likeness (QED) is 0.805. The highest BCUT2D eigenvalue weighted by Crippen LogP contribution is 2.66. The first-order valence-corrected chi connectivity index (χ1v) is 9.51. The van der Waals surface area contributed by atoms with Gasteiger partial charge in [0, 0.05) is 38.8 Å². The van der Waals surface area contributed by atoms with Gasteiger partial charge in [0.15, 0.2) is 0 Å². The van der Waals surface area contributed by atoms with E-state index in [0.717, 1.165) is 18.5 Å². The Morgan fingerprint density at radius 3 is 2.21 bits per heavy atom. The molecule has 3 heteroatoms. The van der Waals surface area contributed by atoms with Gasteiger partial charge in [0.1, 0.15) is 0 Å². The van der Waals surface area contributed by atoms with Crippen molar-refractivity contribution in [1.82, 2.24) is 9.80 Å². The fourth-order valence-electron chi connectivity index (χ4n) is 5.79. The van der Waals surface area contributed by atoms with Crippen LogP contribution in [0.3, 0.4) is 0 Å². The molecule has 0 spiro atoms. The van der Waals surface area contributed by atoms with Gasteiger partial charge in [-0.1, -0.05) is 51.1 Å². The fourth-order valence-corrected chi connectivity index (χ4v) is 5.79. The molecule has 3 fully saturated rings. The van der Waals surface area contributed by atoms with Crippen molar-refractivity contribution < 1.29 is 12.4 Å². The molecule has 2 nitrogen and oxygen atoms in total. The normalized spacial score (nSPS) is 35.8. The van der Waals surface area contributed by atoms with Gasteiger partial charge in [-0.15, -0.1) is 0 Å². The van der Waals surface area contributed by atoms with Gasteiger partial charge < -0.3 is 12.4 Å². The molecule has 1 aliphatic heterocycles. The lowest BCUT2D eigenvalue weighted by molar-refractivity contribution is -0.00000527. The highest BCUT2D eigenvalue weighted by molar-refractivity contribution is 5.15. The maximum atomic E-state index is 2.84. The average molecular weight is 348 g/mol. The van der Waals surface area contributed by atoms with Crippen LogP contribution in [-0.2, 0) is 6.54 Å². The van der Waals surface area contributed by atoms with Crippen molar-refractivity contribution >= 4 is 0 Å². The van der Waals surface area contributed by atoms with E-state index in [1.807, 2.05) is 0 Å². The van der Waals surface area contributed by atoms with Gasteiger partial charge in [-0.25, -0.2) is 0 Å². The maximum absolute atomic E-state index is 2.84. The zero-order valence-corrected chi connectivity index (χ0v) is 16.2. The number of piperazine rings is 1. The summed E-state index contributed by atoms with van der Waals surface area (Å²) in [5.74, 6) is 0.958. The average Bonchev–Trinajstić information content (AvgIpc) is 2.90. The summed E-state index contributed by atoms with van der Waals surface area (Å²) in [6.45, 7) is 13.8. The number of rotatable bonds is 3. The van der Waals surface area contributed by atoms with Crippen LogP contribution >= 0.6 is 0 Å². The predicted octanol–water partition coefficient (Wildman–Crippen LogP) is 1.02. The summed E-state index contributed by atoms with van der Waals surface area (Å²) < 4.78 is 0. The third-order valence-electron chi connectivity index (χ3n) is 7.84. The minimum Gasteiger partial charge on any atom is -1.00 e. The molecule has 3 unspecified atom stereocenters. The van der Waals surface area contributed by atoms with Crippen LogP contribution in [-0.4, -0.2) is 42.0 Å². The van der Waals surface area contributed by atoms with Crippen molar-refractivity contribution in [2.45, 2.75) is 52.6 Å². The van der Waals surface area contributed by atoms with E-state index in [-0.39, 0.29) is 12.4 Å². The van der Waals surface area contributed by atoms with Gasteiger partial charge in [-0.05, 0) is 41.6 Å². The van der Waals surface area contributed by atoms with E-state index in [9.17, 15) is 0 Å². The van der Waals surface area contributed by atoms with Crippen molar-refractivity contribution in [2.24, 2.45) is 16.7 Å². The second-order valence-corrected chi connectivity index (χ2v) is 8.92. The second-order valence-electron chi connectivity index (χ2n) is 8.92. The van der Waals surface area contributed by atoms with Crippen LogP contribution in [0.5, 0.6) is 0 Å². The molecular formula is C21H32ClN2-. The highest BCUT2D eigenvalue weighted by Gasteiger charge is 2.62. The van der Waals surface area contributed by atoms with Crippen molar-refractivity contribution in [3.8, 4) is 0 Å². The predicted molar refractivity (Wildman–Crippen MR) is 96.3 cm³/mol. The van der Waals surface area contributed by atoms with E-state index >= 15 is 0 Å². The van der Waals surface area contributed by atoms with E-state index in [1.54, 1.807) is 0 Å². The van der Waals surface area contributed by atoms with Crippen molar-refractivity contribution in [2.75, 3.05) is 26.2 Å². The summed E-state index contributed by atoms with van der Waals surface area (Å²) in [6.07, 6.45) is 4.36. The van der Waals surface area contributed by atoms with E-state index in [1.165, 1.54) is 51.0 Å². The molecular weight excluding hydrogens is 316 g/mol. The second kappa shape index (κ2) is 6.63. The summed E-state index contributed by atoms with van der Waals surface area (Å²) in [4.78, 5) is 5.47. The van der Waals surface area contributed by atoms with E-state index in [4.69, 9.17) is 0 Å². The van der Waals surface area contributed by atoms with Gasteiger partial charge in [-0.2, -0.15) is 0 Å². The van der Waals surface area contributed by atoms with Gasteiger partial charge in [-0.3, -0.25) is 9.80 Å². The Bertz CT molecular complexity index is 550. The molecule has 0 aromatic heterocycles. The smallest absolute Gasteiger partial charge is 0.0234 e. The Balaban J connectivity index is 0.00000169.